The van der Waals surface area contributed by atoms with Crippen LogP contribution in [0, 0.1) is 5.82 Å². The Morgan fingerprint density at radius 3 is 2.70 bits per heavy atom. The Hall–Kier alpha value is -2.11. The third-order valence-electron chi connectivity index (χ3n) is 5.74. The normalized spacial score (nSPS) is 22.1. The second kappa shape index (κ2) is 7.87. The summed E-state index contributed by atoms with van der Waals surface area (Å²) in [6.07, 6.45) is 3.13. The molecule has 0 saturated carbocycles. The molecule has 0 bridgehead atoms. The fourth-order valence-electron chi connectivity index (χ4n) is 4.20. The number of rotatable bonds is 5. The summed E-state index contributed by atoms with van der Waals surface area (Å²) in [4.78, 5) is 2.44. The molecular formula is C22H27FN2O2. The lowest BCUT2D eigenvalue weighted by atomic mass is 9.87. The first-order valence-corrected chi connectivity index (χ1v) is 9.65. The highest BCUT2D eigenvalue weighted by atomic mass is 19.1. The SMILES string of the molecule is COc1cccc(N[C@@H]2COC3(CCN(Cc4ccc(F)cc4)CC3)C2)c1. The first kappa shape index (κ1) is 18.3. The maximum atomic E-state index is 13.1. The van der Waals surface area contributed by atoms with E-state index < -0.39 is 0 Å². The third-order valence-corrected chi connectivity index (χ3v) is 5.74. The molecule has 2 aromatic carbocycles. The van der Waals surface area contributed by atoms with Crippen LogP contribution in [-0.4, -0.2) is 43.3 Å². The fraction of sp³-hybridized carbons (Fsp3) is 0.455. The van der Waals surface area contributed by atoms with Crippen LogP contribution in [0.25, 0.3) is 0 Å². The maximum absolute atomic E-state index is 13.1. The monoisotopic (exact) mass is 370 g/mol. The summed E-state index contributed by atoms with van der Waals surface area (Å²) in [6.45, 7) is 3.66. The molecule has 144 valence electrons. The average Bonchev–Trinajstić information content (AvgIpc) is 3.08. The Morgan fingerprint density at radius 1 is 1.19 bits per heavy atom. The third kappa shape index (κ3) is 4.42. The molecule has 1 N–H and O–H groups in total. The van der Waals surface area contributed by atoms with Gasteiger partial charge in [-0.25, -0.2) is 4.39 Å². The number of likely N-dealkylation sites (tertiary alicyclic amines) is 1. The summed E-state index contributed by atoms with van der Waals surface area (Å²) in [7, 11) is 1.69. The Balaban J connectivity index is 1.29. The molecule has 2 heterocycles. The van der Waals surface area contributed by atoms with Crippen molar-refractivity contribution in [3.05, 3.63) is 59.9 Å². The number of ether oxygens (including phenoxy) is 2. The van der Waals surface area contributed by atoms with E-state index >= 15 is 0 Å². The molecule has 5 heteroatoms. The van der Waals surface area contributed by atoms with Crippen LogP contribution >= 0.6 is 0 Å². The minimum absolute atomic E-state index is 0.00414. The summed E-state index contributed by atoms with van der Waals surface area (Å²) in [6, 6.07) is 15.2. The van der Waals surface area contributed by atoms with Gasteiger partial charge in [-0.2, -0.15) is 0 Å². The van der Waals surface area contributed by atoms with E-state index in [1.165, 1.54) is 12.1 Å². The molecule has 4 nitrogen and oxygen atoms in total. The minimum atomic E-state index is -0.176. The van der Waals surface area contributed by atoms with E-state index in [0.717, 1.165) is 62.5 Å². The molecule has 0 aromatic heterocycles. The standard InChI is InChI=1S/C22H27FN2O2/c1-26-21-4-2-3-19(13-21)24-20-14-22(27-16-20)9-11-25(12-10-22)15-17-5-7-18(23)8-6-17/h2-8,13,20,24H,9-12,14-16H2,1H3/t20-/m0/s1. The summed E-state index contributed by atoms with van der Waals surface area (Å²) in [5, 5.41) is 3.59. The van der Waals surface area contributed by atoms with Crippen molar-refractivity contribution >= 4 is 5.69 Å². The number of hydrogen-bond acceptors (Lipinski definition) is 4. The van der Waals surface area contributed by atoms with E-state index in [-0.39, 0.29) is 11.4 Å². The molecule has 0 aliphatic carbocycles. The van der Waals surface area contributed by atoms with Crippen molar-refractivity contribution < 1.29 is 13.9 Å². The Bertz CT molecular complexity index is 757. The smallest absolute Gasteiger partial charge is 0.123 e. The van der Waals surface area contributed by atoms with Crippen LogP contribution in [0.5, 0.6) is 5.75 Å². The zero-order valence-corrected chi connectivity index (χ0v) is 15.8. The highest BCUT2D eigenvalue weighted by molar-refractivity contribution is 5.49. The van der Waals surface area contributed by atoms with Crippen molar-refractivity contribution in [1.82, 2.24) is 4.90 Å². The van der Waals surface area contributed by atoms with Crippen LogP contribution in [0.1, 0.15) is 24.8 Å². The number of benzene rings is 2. The summed E-state index contributed by atoms with van der Waals surface area (Å²) in [5.74, 6) is 0.688. The summed E-state index contributed by atoms with van der Waals surface area (Å²) < 4.78 is 24.6. The van der Waals surface area contributed by atoms with Gasteiger partial charge in [0.15, 0.2) is 0 Å². The van der Waals surface area contributed by atoms with Crippen molar-refractivity contribution in [3.63, 3.8) is 0 Å². The van der Waals surface area contributed by atoms with Gasteiger partial charge in [-0.3, -0.25) is 4.90 Å². The van der Waals surface area contributed by atoms with E-state index in [1.54, 1.807) is 7.11 Å². The summed E-state index contributed by atoms with van der Waals surface area (Å²) in [5.41, 5.74) is 2.24. The topological polar surface area (TPSA) is 33.7 Å². The Kier molecular flexibility index (Phi) is 5.32. The highest BCUT2D eigenvalue weighted by Gasteiger charge is 2.42. The predicted octanol–water partition coefficient (Wildman–Crippen LogP) is 4.07. The molecule has 4 rings (SSSR count). The average molecular weight is 370 g/mol. The van der Waals surface area contributed by atoms with Crippen LogP contribution < -0.4 is 10.1 Å². The molecule has 0 radical (unpaired) electrons. The number of piperidine rings is 1. The highest BCUT2D eigenvalue weighted by Crippen LogP contribution is 2.37. The van der Waals surface area contributed by atoms with Crippen LogP contribution in [0.2, 0.25) is 0 Å². The van der Waals surface area contributed by atoms with Gasteiger partial charge in [-0.15, -0.1) is 0 Å². The molecule has 2 fully saturated rings. The second-order valence-electron chi connectivity index (χ2n) is 7.67. The predicted molar refractivity (Wildman–Crippen MR) is 105 cm³/mol. The van der Waals surface area contributed by atoms with Gasteiger partial charge >= 0.3 is 0 Å². The van der Waals surface area contributed by atoms with Crippen molar-refractivity contribution in [2.24, 2.45) is 0 Å². The van der Waals surface area contributed by atoms with Crippen LogP contribution in [0.15, 0.2) is 48.5 Å². The van der Waals surface area contributed by atoms with Gasteiger partial charge in [0.1, 0.15) is 11.6 Å². The second-order valence-corrected chi connectivity index (χ2v) is 7.67. The first-order chi connectivity index (χ1) is 13.1. The van der Waals surface area contributed by atoms with E-state index in [4.69, 9.17) is 9.47 Å². The van der Waals surface area contributed by atoms with Crippen LogP contribution in [0.3, 0.4) is 0 Å². The summed E-state index contributed by atoms with van der Waals surface area (Å²) >= 11 is 0. The van der Waals surface area contributed by atoms with Gasteiger partial charge in [0.2, 0.25) is 0 Å². The van der Waals surface area contributed by atoms with Crippen LogP contribution in [-0.2, 0) is 11.3 Å². The maximum Gasteiger partial charge on any atom is 0.123 e. The number of halogens is 1. The number of nitrogens with one attached hydrogen (secondary N) is 1. The Labute approximate surface area is 160 Å². The van der Waals surface area contributed by atoms with Gasteiger partial charge in [-0.05, 0) is 49.1 Å². The van der Waals surface area contributed by atoms with Gasteiger partial charge in [0, 0.05) is 31.4 Å². The van der Waals surface area contributed by atoms with Crippen LogP contribution in [0.4, 0.5) is 10.1 Å². The molecule has 0 unspecified atom stereocenters. The molecule has 0 amide bonds. The van der Waals surface area contributed by atoms with Gasteiger partial charge < -0.3 is 14.8 Å². The van der Waals surface area contributed by atoms with Crippen molar-refractivity contribution in [2.45, 2.75) is 37.5 Å². The zero-order chi connectivity index (χ0) is 18.7. The van der Waals surface area contributed by atoms with Crippen molar-refractivity contribution in [2.75, 3.05) is 32.1 Å². The van der Waals surface area contributed by atoms with Gasteiger partial charge in [-0.1, -0.05) is 18.2 Å². The number of nitrogens with zero attached hydrogens (tertiary/aromatic N) is 1. The fourth-order valence-corrected chi connectivity index (χ4v) is 4.20. The molecule has 2 aromatic rings. The number of anilines is 1. The molecule has 2 aliphatic heterocycles. The van der Waals surface area contributed by atoms with Gasteiger partial charge in [0.05, 0.1) is 25.4 Å². The van der Waals surface area contributed by atoms with Gasteiger partial charge in [0.25, 0.3) is 0 Å². The molecule has 1 spiro atoms. The van der Waals surface area contributed by atoms with E-state index in [2.05, 4.69) is 16.3 Å². The molecular weight excluding hydrogens is 343 g/mol. The zero-order valence-electron chi connectivity index (χ0n) is 15.8. The molecule has 27 heavy (non-hydrogen) atoms. The van der Waals surface area contributed by atoms with E-state index in [9.17, 15) is 4.39 Å². The lowest BCUT2D eigenvalue weighted by Gasteiger charge is -2.38. The van der Waals surface area contributed by atoms with E-state index in [0.29, 0.717) is 6.04 Å². The largest absolute Gasteiger partial charge is 0.497 e. The molecule has 2 saturated heterocycles. The molecule has 2 aliphatic rings. The quantitative estimate of drug-likeness (QED) is 0.860. The van der Waals surface area contributed by atoms with E-state index in [1.807, 2.05) is 30.3 Å². The lowest BCUT2D eigenvalue weighted by Crippen LogP contribution is -2.44. The number of methoxy groups -OCH3 is 1. The minimum Gasteiger partial charge on any atom is -0.497 e. The number of hydrogen-bond donors (Lipinski definition) is 1. The molecule has 1 atom stereocenters. The first-order valence-electron chi connectivity index (χ1n) is 9.65. The van der Waals surface area contributed by atoms with Crippen molar-refractivity contribution in [3.8, 4) is 5.75 Å². The Morgan fingerprint density at radius 2 is 1.96 bits per heavy atom. The van der Waals surface area contributed by atoms with Crippen molar-refractivity contribution in [1.29, 1.82) is 0 Å². The lowest BCUT2D eigenvalue weighted by molar-refractivity contribution is -0.0448.